The fraction of sp³-hybridized carbons (Fsp3) is 0.444. The fourth-order valence-corrected chi connectivity index (χ4v) is 2.28. The monoisotopic (exact) mass is 272 g/mol. The van der Waals surface area contributed by atoms with Gasteiger partial charge < -0.3 is 9.47 Å². The lowest BCUT2D eigenvalue weighted by Gasteiger charge is -2.25. The van der Waals surface area contributed by atoms with Crippen molar-refractivity contribution in [3.63, 3.8) is 0 Å². The molecule has 0 radical (unpaired) electrons. The van der Waals surface area contributed by atoms with Gasteiger partial charge in [-0.1, -0.05) is 31.2 Å². The highest BCUT2D eigenvalue weighted by Gasteiger charge is 2.16. The first kappa shape index (κ1) is 14.9. The molecule has 2 rings (SSSR count). The van der Waals surface area contributed by atoms with Gasteiger partial charge in [0.25, 0.3) is 0 Å². The molecular weight excluding hydrogens is 248 g/mol. The van der Waals surface area contributed by atoms with Crippen molar-refractivity contribution in [3.8, 4) is 5.75 Å². The second kappa shape index (κ2) is 5.84. The van der Waals surface area contributed by atoms with Crippen LogP contribution in [0.15, 0.2) is 36.4 Å². The Morgan fingerprint density at radius 3 is 2.30 bits per heavy atom. The molecule has 0 saturated heterocycles. The zero-order chi connectivity index (χ0) is 14.8. The van der Waals surface area contributed by atoms with Crippen LogP contribution in [0.3, 0.4) is 0 Å². The summed E-state index contributed by atoms with van der Waals surface area (Å²) in [5.41, 5.74) is 1.15. The van der Waals surface area contributed by atoms with E-state index in [2.05, 4.69) is 37.3 Å². The van der Waals surface area contributed by atoms with Crippen LogP contribution in [-0.2, 0) is 11.2 Å². The van der Waals surface area contributed by atoms with Gasteiger partial charge in [0, 0.05) is 0 Å². The molecule has 0 aliphatic rings. The molecule has 2 heteroatoms. The fourth-order valence-electron chi connectivity index (χ4n) is 2.28. The summed E-state index contributed by atoms with van der Waals surface area (Å²) in [5.74, 6) is 0.846. The highest BCUT2D eigenvalue weighted by atomic mass is 16.7. The Labute approximate surface area is 121 Å². The smallest absolute Gasteiger partial charge is 0.197 e. The summed E-state index contributed by atoms with van der Waals surface area (Å²) in [6, 6.07) is 12.7. The van der Waals surface area contributed by atoms with E-state index in [4.69, 9.17) is 9.47 Å². The van der Waals surface area contributed by atoms with Crippen molar-refractivity contribution in [2.45, 2.75) is 52.9 Å². The van der Waals surface area contributed by atoms with E-state index in [9.17, 15) is 0 Å². The van der Waals surface area contributed by atoms with Gasteiger partial charge in [-0.15, -0.1) is 0 Å². The van der Waals surface area contributed by atoms with Crippen LogP contribution in [0.4, 0.5) is 0 Å². The molecule has 0 heterocycles. The summed E-state index contributed by atoms with van der Waals surface area (Å²) in [6.45, 7) is 10.2. The average Bonchev–Trinajstić information content (AvgIpc) is 2.35. The minimum atomic E-state index is -0.262. The van der Waals surface area contributed by atoms with E-state index >= 15 is 0 Å². The van der Waals surface area contributed by atoms with Gasteiger partial charge in [-0.2, -0.15) is 0 Å². The number of benzene rings is 2. The number of fused-ring (bicyclic) bond motifs is 1. The van der Waals surface area contributed by atoms with Crippen LogP contribution >= 0.6 is 0 Å². The van der Waals surface area contributed by atoms with Crippen molar-refractivity contribution in [3.05, 3.63) is 42.0 Å². The first-order valence-corrected chi connectivity index (χ1v) is 7.24. The zero-order valence-corrected chi connectivity index (χ0v) is 13.1. The first-order chi connectivity index (χ1) is 9.37. The van der Waals surface area contributed by atoms with Gasteiger partial charge in [-0.3, -0.25) is 0 Å². The van der Waals surface area contributed by atoms with E-state index < -0.39 is 0 Å². The molecule has 0 spiro atoms. The van der Waals surface area contributed by atoms with E-state index in [0.717, 1.165) is 12.2 Å². The quantitative estimate of drug-likeness (QED) is 0.734. The molecule has 108 valence electrons. The Kier molecular flexibility index (Phi) is 4.34. The van der Waals surface area contributed by atoms with Gasteiger partial charge in [0.05, 0.1) is 5.60 Å². The molecule has 2 aromatic carbocycles. The zero-order valence-electron chi connectivity index (χ0n) is 13.1. The maximum absolute atomic E-state index is 5.83. The molecule has 0 fully saturated rings. The molecule has 0 aliphatic carbocycles. The third-order valence-electron chi connectivity index (χ3n) is 3.11. The number of hydrogen-bond acceptors (Lipinski definition) is 2. The van der Waals surface area contributed by atoms with Gasteiger partial charge >= 0.3 is 0 Å². The molecule has 0 amide bonds. The van der Waals surface area contributed by atoms with Crippen LogP contribution < -0.4 is 4.74 Å². The number of rotatable bonds is 4. The van der Waals surface area contributed by atoms with Crippen LogP contribution in [0.2, 0.25) is 0 Å². The van der Waals surface area contributed by atoms with Gasteiger partial charge in [-0.25, -0.2) is 0 Å². The second-order valence-corrected chi connectivity index (χ2v) is 6.11. The Morgan fingerprint density at radius 1 is 1.00 bits per heavy atom. The summed E-state index contributed by atoms with van der Waals surface area (Å²) < 4.78 is 11.6. The van der Waals surface area contributed by atoms with Crippen molar-refractivity contribution in [1.29, 1.82) is 0 Å². The SMILES string of the molecule is CCc1ccc2cc(OC(C)OC(C)(C)C)ccc2c1. The second-order valence-electron chi connectivity index (χ2n) is 6.11. The predicted molar refractivity (Wildman–Crippen MR) is 84.3 cm³/mol. The molecular formula is C18H24O2. The summed E-state index contributed by atoms with van der Waals surface area (Å²) in [5, 5.41) is 2.45. The van der Waals surface area contributed by atoms with Crippen LogP contribution in [0.5, 0.6) is 5.75 Å². The summed E-state index contributed by atoms with van der Waals surface area (Å²) in [7, 11) is 0. The highest BCUT2D eigenvalue weighted by Crippen LogP contribution is 2.24. The first-order valence-electron chi connectivity index (χ1n) is 7.24. The van der Waals surface area contributed by atoms with E-state index in [1.54, 1.807) is 0 Å². The lowest BCUT2D eigenvalue weighted by Crippen LogP contribution is -2.29. The van der Waals surface area contributed by atoms with Gasteiger partial charge in [0.2, 0.25) is 0 Å². The number of aryl methyl sites for hydroxylation is 1. The minimum Gasteiger partial charge on any atom is -0.465 e. The molecule has 2 aromatic rings. The van der Waals surface area contributed by atoms with E-state index in [-0.39, 0.29) is 11.9 Å². The Morgan fingerprint density at radius 2 is 1.65 bits per heavy atom. The largest absolute Gasteiger partial charge is 0.465 e. The van der Waals surface area contributed by atoms with Crippen LogP contribution in [0, 0.1) is 0 Å². The van der Waals surface area contributed by atoms with Crippen LogP contribution in [0.1, 0.15) is 40.2 Å². The predicted octanol–water partition coefficient (Wildman–Crippen LogP) is 4.94. The maximum atomic E-state index is 5.83. The number of hydrogen-bond donors (Lipinski definition) is 0. The molecule has 1 unspecified atom stereocenters. The lowest BCUT2D eigenvalue weighted by molar-refractivity contribution is -0.140. The average molecular weight is 272 g/mol. The topological polar surface area (TPSA) is 18.5 Å². The lowest BCUT2D eigenvalue weighted by atomic mass is 10.1. The Bertz CT molecular complexity index is 581. The molecule has 0 aliphatic heterocycles. The van der Waals surface area contributed by atoms with Crippen molar-refractivity contribution >= 4 is 10.8 Å². The van der Waals surface area contributed by atoms with Crippen molar-refractivity contribution in [1.82, 2.24) is 0 Å². The van der Waals surface area contributed by atoms with E-state index in [0.29, 0.717) is 0 Å². The number of ether oxygens (including phenoxy) is 2. The molecule has 20 heavy (non-hydrogen) atoms. The van der Waals surface area contributed by atoms with Crippen LogP contribution in [0.25, 0.3) is 10.8 Å². The van der Waals surface area contributed by atoms with Crippen LogP contribution in [-0.4, -0.2) is 11.9 Å². The summed E-state index contributed by atoms with van der Waals surface area (Å²) >= 11 is 0. The van der Waals surface area contributed by atoms with Gasteiger partial charge in [0.1, 0.15) is 5.75 Å². The van der Waals surface area contributed by atoms with E-state index in [1.165, 1.54) is 16.3 Å². The van der Waals surface area contributed by atoms with Crippen molar-refractivity contribution in [2.24, 2.45) is 0 Å². The third-order valence-corrected chi connectivity index (χ3v) is 3.11. The minimum absolute atomic E-state index is 0.202. The summed E-state index contributed by atoms with van der Waals surface area (Å²) in [6.07, 6.45) is 0.798. The Hall–Kier alpha value is -1.54. The standard InChI is InChI=1S/C18H24O2/c1-6-14-7-8-16-12-17(10-9-15(16)11-14)19-13(2)20-18(3,4)5/h7-13H,6H2,1-5H3. The molecule has 2 nitrogen and oxygen atoms in total. The van der Waals surface area contributed by atoms with E-state index in [1.807, 2.05) is 33.8 Å². The molecule has 0 saturated carbocycles. The molecule has 0 aromatic heterocycles. The summed E-state index contributed by atoms with van der Waals surface area (Å²) in [4.78, 5) is 0. The van der Waals surface area contributed by atoms with Gasteiger partial charge in [-0.05, 0) is 62.6 Å². The maximum Gasteiger partial charge on any atom is 0.197 e. The third kappa shape index (κ3) is 3.97. The Balaban J connectivity index is 2.16. The highest BCUT2D eigenvalue weighted by molar-refractivity contribution is 5.84. The molecule has 0 bridgehead atoms. The van der Waals surface area contributed by atoms with Crippen molar-refractivity contribution < 1.29 is 9.47 Å². The van der Waals surface area contributed by atoms with Gasteiger partial charge in [0.15, 0.2) is 6.29 Å². The normalized spacial score (nSPS) is 13.4. The molecule has 1 atom stereocenters. The molecule has 0 N–H and O–H groups in total. The van der Waals surface area contributed by atoms with Crippen molar-refractivity contribution in [2.75, 3.05) is 0 Å².